The van der Waals surface area contributed by atoms with E-state index in [1.807, 2.05) is 0 Å². The topological polar surface area (TPSA) is 3.24 Å². The monoisotopic (exact) mass is 633 g/mol. The summed E-state index contributed by atoms with van der Waals surface area (Å²) in [6.45, 7) is 0. The highest BCUT2D eigenvalue weighted by Gasteiger charge is 2.50. The number of nitrogens with zero attached hydrogens (tertiary/aromatic N) is 1. The maximum Gasteiger partial charge on any atom is 0.0725 e. The van der Waals surface area contributed by atoms with Gasteiger partial charge in [0.25, 0.3) is 0 Å². The van der Waals surface area contributed by atoms with Gasteiger partial charge in [-0.05, 0) is 102 Å². The summed E-state index contributed by atoms with van der Waals surface area (Å²) < 4.78 is 0. The van der Waals surface area contributed by atoms with Crippen molar-refractivity contribution in [1.29, 1.82) is 0 Å². The molecular weight excluding hydrogens is 603 g/mol. The van der Waals surface area contributed by atoms with Crippen molar-refractivity contribution in [3.05, 3.63) is 210 Å². The Hall–Kier alpha value is -6.44. The normalized spacial score (nSPS) is 15.3. The van der Waals surface area contributed by atoms with Crippen molar-refractivity contribution >= 4 is 49.4 Å². The van der Waals surface area contributed by atoms with Crippen LogP contribution >= 0.6 is 0 Å². The van der Waals surface area contributed by atoms with Crippen molar-refractivity contribution in [3.63, 3.8) is 0 Å². The van der Waals surface area contributed by atoms with Crippen molar-refractivity contribution in [2.45, 2.75) is 5.41 Å². The average Bonchev–Trinajstić information content (AvgIpc) is 3.50. The zero-order valence-corrected chi connectivity index (χ0v) is 27.3. The van der Waals surface area contributed by atoms with Crippen molar-refractivity contribution in [3.8, 4) is 22.3 Å². The van der Waals surface area contributed by atoms with Crippen molar-refractivity contribution in [2.24, 2.45) is 0 Å². The SMILES string of the molecule is c1ccc(N(c2ccc3c(c2)-c2cccc4ccc5c(c24)C3(c2ccccc2)c2ccccc2-5)c2cc3ccccc3c3ccccc23)cc1. The summed E-state index contributed by atoms with van der Waals surface area (Å²) in [5.41, 5.74) is 13.7. The van der Waals surface area contributed by atoms with Crippen LogP contribution in [-0.2, 0) is 5.41 Å². The number of anilines is 3. The van der Waals surface area contributed by atoms with Gasteiger partial charge < -0.3 is 4.90 Å². The van der Waals surface area contributed by atoms with Gasteiger partial charge in [-0.15, -0.1) is 0 Å². The molecule has 0 spiro atoms. The van der Waals surface area contributed by atoms with Crippen molar-refractivity contribution in [2.75, 3.05) is 4.90 Å². The molecule has 0 bridgehead atoms. The van der Waals surface area contributed by atoms with E-state index < -0.39 is 5.41 Å². The van der Waals surface area contributed by atoms with Gasteiger partial charge in [0.05, 0.1) is 11.1 Å². The molecule has 1 atom stereocenters. The van der Waals surface area contributed by atoms with Gasteiger partial charge in [0.2, 0.25) is 0 Å². The molecule has 9 aromatic rings. The van der Waals surface area contributed by atoms with Gasteiger partial charge in [0, 0.05) is 16.8 Å². The lowest BCUT2D eigenvalue weighted by atomic mass is 9.62. The van der Waals surface area contributed by atoms with Crippen LogP contribution in [0.3, 0.4) is 0 Å². The van der Waals surface area contributed by atoms with Crippen molar-refractivity contribution < 1.29 is 0 Å². The van der Waals surface area contributed by atoms with E-state index in [-0.39, 0.29) is 0 Å². The molecule has 0 saturated carbocycles. The Balaban J connectivity index is 1.26. The summed E-state index contributed by atoms with van der Waals surface area (Å²) in [5, 5.41) is 7.64. The largest absolute Gasteiger partial charge is 0.310 e. The predicted octanol–water partition coefficient (Wildman–Crippen LogP) is 13.0. The molecule has 11 rings (SSSR count). The molecule has 0 N–H and O–H groups in total. The molecule has 0 fully saturated rings. The van der Waals surface area contributed by atoms with Crippen LogP contribution in [0.1, 0.15) is 22.3 Å². The Morgan fingerprint density at radius 3 is 1.88 bits per heavy atom. The Bertz CT molecular complexity index is 2820. The lowest BCUT2D eigenvalue weighted by Crippen LogP contribution is -2.31. The molecule has 0 heterocycles. The molecule has 2 aliphatic carbocycles. The Labute approximate surface area is 291 Å². The minimum absolute atomic E-state index is 0.428. The minimum Gasteiger partial charge on any atom is -0.310 e. The second-order valence-electron chi connectivity index (χ2n) is 13.6. The van der Waals surface area contributed by atoms with Gasteiger partial charge in [-0.1, -0.05) is 158 Å². The van der Waals surface area contributed by atoms with Crippen LogP contribution < -0.4 is 4.90 Å². The Morgan fingerprint density at radius 2 is 1.02 bits per heavy atom. The first-order chi connectivity index (χ1) is 24.8. The maximum absolute atomic E-state index is 2.46. The first-order valence-electron chi connectivity index (χ1n) is 17.4. The molecule has 0 aliphatic heterocycles. The molecule has 1 heteroatoms. The summed E-state index contributed by atoms with van der Waals surface area (Å²) in [4.78, 5) is 2.46. The number of fused-ring (bicyclic) bond motifs is 9. The number of rotatable bonds is 4. The smallest absolute Gasteiger partial charge is 0.0725 e. The van der Waals surface area contributed by atoms with E-state index in [1.165, 1.54) is 82.5 Å². The molecule has 0 aromatic heterocycles. The highest BCUT2D eigenvalue weighted by molar-refractivity contribution is 6.15. The Morgan fingerprint density at radius 1 is 0.360 bits per heavy atom. The number of benzene rings is 9. The summed E-state index contributed by atoms with van der Waals surface area (Å²) in [6.07, 6.45) is 0. The third kappa shape index (κ3) is 3.56. The van der Waals surface area contributed by atoms with Gasteiger partial charge >= 0.3 is 0 Å². The van der Waals surface area contributed by atoms with Gasteiger partial charge in [-0.2, -0.15) is 0 Å². The molecule has 0 amide bonds. The summed E-state index contributed by atoms with van der Waals surface area (Å²) in [7, 11) is 0. The molecule has 0 saturated heterocycles. The van der Waals surface area contributed by atoms with Crippen LogP contribution in [0.4, 0.5) is 17.1 Å². The van der Waals surface area contributed by atoms with Crippen LogP contribution in [0.15, 0.2) is 188 Å². The van der Waals surface area contributed by atoms with Gasteiger partial charge in [-0.25, -0.2) is 0 Å². The molecule has 50 heavy (non-hydrogen) atoms. The van der Waals surface area contributed by atoms with E-state index in [4.69, 9.17) is 0 Å². The van der Waals surface area contributed by atoms with Crippen LogP contribution in [0, 0.1) is 0 Å². The van der Waals surface area contributed by atoms with E-state index in [0.29, 0.717) is 0 Å². The Kier molecular flexibility index (Phi) is 5.66. The van der Waals surface area contributed by atoms with E-state index in [2.05, 4.69) is 193 Å². The molecular formula is C49H31N. The van der Waals surface area contributed by atoms with Crippen LogP contribution in [0.2, 0.25) is 0 Å². The van der Waals surface area contributed by atoms with E-state index in [0.717, 1.165) is 11.4 Å². The van der Waals surface area contributed by atoms with Crippen LogP contribution in [0.25, 0.3) is 54.6 Å². The second kappa shape index (κ2) is 10.3. The fraction of sp³-hybridized carbons (Fsp3) is 0.0204. The van der Waals surface area contributed by atoms with Crippen LogP contribution in [-0.4, -0.2) is 0 Å². The molecule has 9 aromatic carbocycles. The summed E-state index contributed by atoms with van der Waals surface area (Å²) >= 11 is 0. The zero-order chi connectivity index (χ0) is 32.8. The third-order valence-electron chi connectivity index (χ3n) is 11.2. The standard InChI is InChI=1S/C49H31N/c1-3-16-34(17-4-1)49-44-25-12-11-22-39(44)42-28-26-32-15-13-24-41(47(32)48(42)49)43-31-36(27-29-45(43)49)50(35-18-5-2-6-19-35)46-30-33-14-7-8-20-37(33)38-21-9-10-23-40(38)46/h1-31H. The maximum atomic E-state index is 2.46. The number of hydrogen-bond acceptors (Lipinski definition) is 1. The molecule has 1 unspecified atom stereocenters. The fourth-order valence-corrected chi connectivity index (χ4v) is 9.27. The highest BCUT2D eigenvalue weighted by atomic mass is 15.1. The van der Waals surface area contributed by atoms with E-state index in [9.17, 15) is 0 Å². The van der Waals surface area contributed by atoms with Crippen LogP contribution in [0.5, 0.6) is 0 Å². The molecule has 2 aliphatic rings. The second-order valence-corrected chi connectivity index (χ2v) is 13.6. The van der Waals surface area contributed by atoms with Gasteiger partial charge in [-0.3, -0.25) is 0 Å². The molecule has 232 valence electrons. The number of para-hydroxylation sites is 1. The highest BCUT2D eigenvalue weighted by Crippen LogP contribution is 2.63. The lowest BCUT2D eigenvalue weighted by Gasteiger charge is -2.40. The molecule has 0 radical (unpaired) electrons. The van der Waals surface area contributed by atoms with E-state index >= 15 is 0 Å². The first-order valence-corrected chi connectivity index (χ1v) is 17.4. The summed E-state index contributed by atoms with van der Waals surface area (Å²) in [5.74, 6) is 0. The van der Waals surface area contributed by atoms with Gasteiger partial charge in [0.15, 0.2) is 0 Å². The minimum atomic E-state index is -0.428. The average molecular weight is 634 g/mol. The fourth-order valence-electron chi connectivity index (χ4n) is 9.27. The molecule has 1 nitrogen and oxygen atoms in total. The van der Waals surface area contributed by atoms with Gasteiger partial charge in [0.1, 0.15) is 0 Å². The summed E-state index contributed by atoms with van der Waals surface area (Å²) in [6, 6.07) is 69.8. The first kappa shape index (κ1) is 27.5. The van der Waals surface area contributed by atoms with E-state index in [1.54, 1.807) is 0 Å². The third-order valence-corrected chi connectivity index (χ3v) is 11.2. The predicted molar refractivity (Wildman–Crippen MR) is 210 cm³/mol. The zero-order valence-electron chi connectivity index (χ0n) is 27.3. The lowest BCUT2D eigenvalue weighted by molar-refractivity contribution is 0.773. The van der Waals surface area contributed by atoms with Crippen molar-refractivity contribution in [1.82, 2.24) is 0 Å². The quantitative estimate of drug-likeness (QED) is 0.174. The number of hydrogen-bond donors (Lipinski definition) is 0.